The van der Waals surface area contributed by atoms with Gasteiger partial charge in [0, 0.05) is 38.9 Å². The number of carbonyl (C=O) groups is 1. The Kier molecular flexibility index (Phi) is 6.85. The molecule has 0 aliphatic carbocycles. The number of anilines is 1. The Morgan fingerprint density at radius 2 is 1.48 bits per heavy atom. The molecule has 0 N–H and O–H groups in total. The molecule has 7 heteroatoms. The van der Waals surface area contributed by atoms with Crippen LogP contribution >= 0.6 is 0 Å². The number of amides is 1. The van der Waals surface area contributed by atoms with Crippen molar-refractivity contribution in [3.05, 3.63) is 65.2 Å². The summed E-state index contributed by atoms with van der Waals surface area (Å²) in [5.74, 6) is -0.158. The highest BCUT2D eigenvalue weighted by Crippen LogP contribution is 2.17. The molecular formula is C20H23F3N2O2. The third-order valence-corrected chi connectivity index (χ3v) is 3.95. The van der Waals surface area contributed by atoms with Gasteiger partial charge in [-0.3, -0.25) is 4.79 Å². The summed E-state index contributed by atoms with van der Waals surface area (Å²) in [6.45, 7) is -0.978. The van der Waals surface area contributed by atoms with E-state index in [1.165, 1.54) is 0 Å². The summed E-state index contributed by atoms with van der Waals surface area (Å²) in [4.78, 5) is 16.1. The molecule has 146 valence electrons. The number of hydrogen-bond donors (Lipinski definition) is 0. The van der Waals surface area contributed by atoms with E-state index >= 15 is 0 Å². The van der Waals surface area contributed by atoms with E-state index in [9.17, 15) is 18.0 Å². The van der Waals surface area contributed by atoms with Gasteiger partial charge in [-0.05, 0) is 35.4 Å². The third-order valence-electron chi connectivity index (χ3n) is 3.95. The molecule has 2 aromatic rings. The molecule has 0 aliphatic heterocycles. The fourth-order valence-corrected chi connectivity index (χ4v) is 2.49. The lowest BCUT2D eigenvalue weighted by Gasteiger charge is -2.19. The molecule has 0 radical (unpaired) electrons. The average Bonchev–Trinajstić information content (AvgIpc) is 2.61. The standard InChI is InChI=1S/C20H23F3N2O2/c1-24(2)18-10-6-15(7-11-18)12-25(3)19(26)17-8-4-16(5-9-17)13-27-14-20(21,22)23/h4-11H,12-14H2,1-3H3. The zero-order chi connectivity index (χ0) is 20.0. The SMILES string of the molecule is CN(Cc1ccc(N(C)C)cc1)C(=O)c1ccc(COCC(F)(F)F)cc1. The van der Waals surface area contributed by atoms with Gasteiger partial charge in [-0.25, -0.2) is 0 Å². The monoisotopic (exact) mass is 380 g/mol. The summed E-state index contributed by atoms with van der Waals surface area (Å²) in [6, 6.07) is 14.3. The normalized spacial score (nSPS) is 11.3. The van der Waals surface area contributed by atoms with Gasteiger partial charge < -0.3 is 14.5 Å². The molecule has 0 aromatic heterocycles. The van der Waals surface area contributed by atoms with Crippen LogP contribution in [0.2, 0.25) is 0 Å². The highest BCUT2D eigenvalue weighted by atomic mass is 19.4. The second-order valence-corrected chi connectivity index (χ2v) is 6.53. The maximum Gasteiger partial charge on any atom is 0.411 e. The van der Waals surface area contributed by atoms with Gasteiger partial charge in [0.15, 0.2) is 0 Å². The number of benzene rings is 2. The average molecular weight is 380 g/mol. The maximum absolute atomic E-state index is 12.5. The van der Waals surface area contributed by atoms with Crippen LogP contribution in [0.15, 0.2) is 48.5 Å². The van der Waals surface area contributed by atoms with Crippen molar-refractivity contribution < 1.29 is 22.7 Å². The highest BCUT2D eigenvalue weighted by Gasteiger charge is 2.27. The van der Waals surface area contributed by atoms with E-state index < -0.39 is 12.8 Å². The summed E-state index contributed by atoms with van der Waals surface area (Å²) >= 11 is 0. The highest BCUT2D eigenvalue weighted by molar-refractivity contribution is 5.94. The number of nitrogens with zero attached hydrogens (tertiary/aromatic N) is 2. The fourth-order valence-electron chi connectivity index (χ4n) is 2.49. The van der Waals surface area contributed by atoms with Crippen molar-refractivity contribution in [3.8, 4) is 0 Å². The Hall–Kier alpha value is -2.54. The van der Waals surface area contributed by atoms with Crippen LogP contribution in [0, 0.1) is 0 Å². The van der Waals surface area contributed by atoms with E-state index in [0.29, 0.717) is 17.7 Å². The zero-order valence-electron chi connectivity index (χ0n) is 15.6. The molecule has 0 spiro atoms. The summed E-state index contributed by atoms with van der Waals surface area (Å²) in [6.07, 6.45) is -4.34. The lowest BCUT2D eigenvalue weighted by atomic mass is 10.1. The van der Waals surface area contributed by atoms with Gasteiger partial charge in [-0.15, -0.1) is 0 Å². The van der Waals surface area contributed by atoms with Gasteiger partial charge in [-0.2, -0.15) is 13.2 Å². The fraction of sp³-hybridized carbons (Fsp3) is 0.350. The largest absolute Gasteiger partial charge is 0.411 e. The molecule has 0 fully saturated rings. The van der Waals surface area contributed by atoms with Gasteiger partial charge >= 0.3 is 6.18 Å². The topological polar surface area (TPSA) is 32.8 Å². The molecule has 0 saturated carbocycles. The van der Waals surface area contributed by atoms with E-state index in [2.05, 4.69) is 4.74 Å². The van der Waals surface area contributed by atoms with Gasteiger partial charge in [0.1, 0.15) is 6.61 Å². The van der Waals surface area contributed by atoms with Crippen LogP contribution in [-0.2, 0) is 17.9 Å². The van der Waals surface area contributed by atoms with E-state index in [0.717, 1.165) is 11.3 Å². The molecule has 1 amide bonds. The lowest BCUT2D eigenvalue weighted by Crippen LogP contribution is -2.26. The Balaban J connectivity index is 1.92. The minimum atomic E-state index is -4.34. The van der Waals surface area contributed by atoms with Crippen molar-refractivity contribution in [1.82, 2.24) is 4.90 Å². The van der Waals surface area contributed by atoms with Gasteiger partial charge in [0.2, 0.25) is 0 Å². The number of carbonyl (C=O) groups excluding carboxylic acids is 1. The van der Waals surface area contributed by atoms with E-state index in [1.54, 1.807) is 36.2 Å². The Bertz CT molecular complexity index is 741. The van der Waals surface area contributed by atoms with Crippen LogP contribution in [0.1, 0.15) is 21.5 Å². The quantitative estimate of drug-likeness (QED) is 0.725. The minimum absolute atomic E-state index is 0.151. The second kappa shape index (κ2) is 8.90. The minimum Gasteiger partial charge on any atom is -0.378 e. The van der Waals surface area contributed by atoms with Crippen LogP contribution in [-0.4, -0.2) is 44.7 Å². The zero-order valence-corrected chi connectivity index (χ0v) is 15.6. The molecule has 0 saturated heterocycles. The molecule has 0 bridgehead atoms. The Morgan fingerprint density at radius 3 is 2.00 bits per heavy atom. The molecule has 2 rings (SSSR count). The molecule has 0 unspecified atom stereocenters. The molecule has 4 nitrogen and oxygen atoms in total. The number of rotatable bonds is 7. The third kappa shape index (κ3) is 6.60. The van der Waals surface area contributed by atoms with Gasteiger partial charge in [0.25, 0.3) is 5.91 Å². The maximum atomic E-state index is 12.5. The Labute approximate surface area is 157 Å². The number of ether oxygens (including phenoxy) is 1. The van der Waals surface area contributed by atoms with Crippen molar-refractivity contribution >= 4 is 11.6 Å². The number of halogens is 3. The van der Waals surface area contributed by atoms with Crippen LogP contribution < -0.4 is 4.90 Å². The summed E-state index contributed by atoms with van der Waals surface area (Å²) in [5, 5.41) is 0. The van der Waals surface area contributed by atoms with Crippen molar-refractivity contribution in [2.75, 3.05) is 32.6 Å². The lowest BCUT2D eigenvalue weighted by molar-refractivity contribution is -0.176. The van der Waals surface area contributed by atoms with Crippen LogP contribution in [0.25, 0.3) is 0 Å². The van der Waals surface area contributed by atoms with Gasteiger partial charge in [0.05, 0.1) is 6.61 Å². The number of alkyl halides is 3. The number of hydrogen-bond acceptors (Lipinski definition) is 3. The van der Waals surface area contributed by atoms with Crippen molar-refractivity contribution in [3.63, 3.8) is 0 Å². The van der Waals surface area contributed by atoms with E-state index in [1.807, 2.05) is 43.3 Å². The molecule has 27 heavy (non-hydrogen) atoms. The smallest absolute Gasteiger partial charge is 0.378 e. The predicted octanol–water partition coefficient (Wildman–Crippen LogP) is 4.10. The first-order valence-electron chi connectivity index (χ1n) is 8.41. The van der Waals surface area contributed by atoms with Crippen molar-refractivity contribution in [1.29, 1.82) is 0 Å². The predicted molar refractivity (Wildman–Crippen MR) is 98.7 cm³/mol. The van der Waals surface area contributed by atoms with Crippen molar-refractivity contribution in [2.24, 2.45) is 0 Å². The molecule has 0 aliphatic rings. The molecule has 0 heterocycles. The van der Waals surface area contributed by atoms with E-state index in [4.69, 9.17) is 0 Å². The Morgan fingerprint density at radius 1 is 0.926 bits per heavy atom. The first-order valence-corrected chi connectivity index (χ1v) is 8.41. The summed E-state index contributed by atoms with van der Waals surface area (Å²) < 4.78 is 40.9. The summed E-state index contributed by atoms with van der Waals surface area (Å²) in [7, 11) is 5.63. The summed E-state index contributed by atoms with van der Waals surface area (Å²) in [5.41, 5.74) is 3.14. The van der Waals surface area contributed by atoms with Gasteiger partial charge in [-0.1, -0.05) is 24.3 Å². The van der Waals surface area contributed by atoms with E-state index in [-0.39, 0.29) is 12.5 Å². The molecular weight excluding hydrogens is 357 g/mol. The van der Waals surface area contributed by atoms with Crippen molar-refractivity contribution in [2.45, 2.75) is 19.3 Å². The van der Waals surface area contributed by atoms with Crippen LogP contribution in [0.4, 0.5) is 18.9 Å². The van der Waals surface area contributed by atoms with Crippen LogP contribution in [0.5, 0.6) is 0 Å². The second-order valence-electron chi connectivity index (χ2n) is 6.53. The first kappa shape index (κ1) is 20.8. The first-order chi connectivity index (χ1) is 12.7. The molecule has 0 atom stereocenters. The molecule has 2 aromatic carbocycles. The van der Waals surface area contributed by atoms with Crippen LogP contribution in [0.3, 0.4) is 0 Å².